The van der Waals surface area contributed by atoms with Crippen molar-refractivity contribution in [3.63, 3.8) is 0 Å². The predicted octanol–water partition coefficient (Wildman–Crippen LogP) is 4.15. The van der Waals surface area contributed by atoms with Gasteiger partial charge < -0.3 is 4.90 Å². The maximum absolute atomic E-state index is 2.45. The molecule has 0 N–H and O–H groups in total. The zero-order valence-corrected chi connectivity index (χ0v) is 12.4. The van der Waals surface area contributed by atoms with Gasteiger partial charge in [0.2, 0.25) is 0 Å². The van der Waals surface area contributed by atoms with Gasteiger partial charge >= 0.3 is 0 Å². The van der Waals surface area contributed by atoms with Gasteiger partial charge in [0, 0.05) is 11.5 Å². The van der Waals surface area contributed by atoms with Crippen molar-refractivity contribution in [2.75, 3.05) is 14.1 Å². The number of rotatable bonds is 5. The Balaban J connectivity index is 2.31. The molecule has 0 radical (unpaired) electrons. The molecule has 100 valence electrons. The molecule has 1 aliphatic carbocycles. The summed E-state index contributed by atoms with van der Waals surface area (Å²) in [4.78, 5) is 2.45. The van der Waals surface area contributed by atoms with Gasteiger partial charge in [-0.1, -0.05) is 49.6 Å². The van der Waals surface area contributed by atoms with E-state index in [1.54, 1.807) is 5.56 Å². The van der Waals surface area contributed by atoms with Crippen LogP contribution in [0.4, 0.5) is 0 Å². The highest BCUT2D eigenvalue weighted by atomic mass is 15.1. The number of likely N-dealkylation sites (N-methyl/N-ethyl adjacent to an activating group) is 1. The van der Waals surface area contributed by atoms with Crippen molar-refractivity contribution < 1.29 is 0 Å². The van der Waals surface area contributed by atoms with Gasteiger partial charge in [-0.05, 0) is 45.8 Å². The van der Waals surface area contributed by atoms with Gasteiger partial charge in [0.1, 0.15) is 0 Å². The van der Waals surface area contributed by atoms with Crippen molar-refractivity contribution in [2.45, 2.75) is 57.4 Å². The van der Waals surface area contributed by atoms with E-state index in [0.717, 1.165) is 0 Å². The van der Waals surface area contributed by atoms with E-state index in [-0.39, 0.29) is 0 Å². The third kappa shape index (κ3) is 2.33. The Morgan fingerprint density at radius 3 is 2.17 bits per heavy atom. The van der Waals surface area contributed by atoms with Crippen molar-refractivity contribution in [1.82, 2.24) is 4.90 Å². The molecule has 1 aromatic carbocycles. The van der Waals surface area contributed by atoms with Crippen LogP contribution >= 0.6 is 0 Å². The maximum Gasteiger partial charge on any atom is 0.0186 e. The van der Waals surface area contributed by atoms with Crippen molar-refractivity contribution in [2.24, 2.45) is 0 Å². The monoisotopic (exact) mass is 245 g/mol. The molecular weight excluding hydrogens is 218 g/mol. The number of hydrogen-bond acceptors (Lipinski definition) is 1. The second-order valence-electron chi connectivity index (χ2n) is 6.14. The Labute approximate surface area is 112 Å². The summed E-state index contributed by atoms with van der Waals surface area (Å²) in [5.41, 5.74) is 3.35. The highest BCUT2D eigenvalue weighted by molar-refractivity contribution is 5.33. The number of benzene rings is 1. The Hall–Kier alpha value is -0.820. The van der Waals surface area contributed by atoms with E-state index in [2.05, 4.69) is 57.1 Å². The molecule has 2 rings (SSSR count). The van der Waals surface area contributed by atoms with E-state index in [1.165, 1.54) is 37.7 Å². The van der Waals surface area contributed by atoms with Crippen molar-refractivity contribution in [3.8, 4) is 0 Å². The van der Waals surface area contributed by atoms with E-state index < -0.39 is 0 Å². The summed E-state index contributed by atoms with van der Waals surface area (Å²) < 4.78 is 0. The van der Waals surface area contributed by atoms with Crippen LogP contribution in [0.3, 0.4) is 0 Å². The van der Waals surface area contributed by atoms with Gasteiger partial charge in [0.15, 0.2) is 0 Å². The predicted molar refractivity (Wildman–Crippen MR) is 79.1 cm³/mol. The molecule has 1 aromatic rings. The lowest BCUT2D eigenvalue weighted by atomic mass is 9.59. The fraction of sp³-hybridized carbons (Fsp3) is 0.647. The summed E-state index contributed by atoms with van der Waals surface area (Å²) in [5, 5.41) is 0. The van der Waals surface area contributed by atoms with Crippen LogP contribution < -0.4 is 0 Å². The minimum Gasteiger partial charge on any atom is -0.306 e. The molecule has 18 heavy (non-hydrogen) atoms. The van der Waals surface area contributed by atoms with E-state index in [4.69, 9.17) is 0 Å². The molecule has 1 aliphatic rings. The van der Waals surface area contributed by atoms with Gasteiger partial charge in [-0.15, -0.1) is 0 Å². The highest BCUT2D eigenvalue weighted by Gasteiger charge is 2.45. The Kier molecular flexibility index (Phi) is 4.11. The Bertz CT molecular complexity index is 373. The van der Waals surface area contributed by atoms with Gasteiger partial charge in [-0.2, -0.15) is 0 Å². The Morgan fingerprint density at radius 1 is 1.17 bits per heavy atom. The van der Waals surface area contributed by atoms with Crippen LogP contribution in [0.2, 0.25) is 0 Å². The fourth-order valence-electron chi connectivity index (χ4n) is 3.56. The summed E-state index contributed by atoms with van der Waals surface area (Å²) in [6.07, 6.45) is 6.69. The van der Waals surface area contributed by atoms with Crippen LogP contribution in [0.5, 0.6) is 0 Å². The van der Waals surface area contributed by atoms with Crippen LogP contribution in [0.15, 0.2) is 24.3 Å². The van der Waals surface area contributed by atoms with Crippen LogP contribution in [-0.2, 0) is 5.41 Å². The normalized spacial score (nSPS) is 19.6. The molecule has 0 aromatic heterocycles. The topological polar surface area (TPSA) is 3.24 Å². The summed E-state index contributed by atoms with van der Waals surface area (Å²) in [6, 6.07) is 9.96. The molecule has 0 heterocycles. The lowest BCUT2D eigenvalue weighted by Gasteiger charge is -2.51. The Morgan fingerprint density at radius 2 is 1.78 bits per heavy atom. The van der Waals surface area contributed by atoms with Crippen LogP contribution in [0.25, 0.3) is 0 Å². The lowest BCUT2D eigenvalue weighted by Crippen LogP contribution is -2.52. The molecule has 1 saturated carbocycles. The lowest BCUT2D eigenvalue weighted by molar-refractivity contribution is 0.0895. The fourth-order valence-corrected chi connectivity index (χ4v) is 3.56. The minimum atomic E-state index is 0.424. The quantitative estimate of drug-likeness (QED) is 0.753. The molecule has 1 atom stereocenters. The molecule has 1 nitrogen and oxygen atoms in total. The average Bonchev–Trinajstić information content (AvgIpc) is 2.28. The van der Waals surface area contributed by atoms with Crippen molar-refractivity contribution in [1.29, 1.82) is 0 Å². The average molecular weight is 245 g/mol. The standard InChI is InChI=1S/C17H27N/c1-5-7-16(18(3)4)17(12-6-13-17)15-10-8-14(2)9-11-15/h8-11,16H,5-7,12-13H2,1-4H3. The van der Waals surface area contributed by atoms with Gasteiger partial charge in [-0.3, -0.25) is 0 Å². The smallest absolute Gasteiger partial charge is 0.0186 e. The van der Waals surface area contributed by atoms with Crippen LogP contribution in [0.1, 0.15) is 50.2 Å². The first-order valence-electron chi connectivity index (χ1n) is 7.34. The molecular formula is C17H27N. The van der Waals surface area contributed by atoms with Crippen LogP contribution in [0, 0.1) is 6.92 Å². The van der Waals surface area contributed by atoms with Crippen molar-refractivity contribution in [3.05, 3.63) is 35.4 Å². The van der Waals surface area contributed by atoms with Crippen LogP contribution in [-0.4, -0.2) is 25.0 Å². The van der Waals surface area contributed by atoms with Crippen molar-refractivity contribution >= 4 is 0 Å². The second kappa shape index (κ2) is 5.44. The van der Waals surface area contributed by atoms with Gasteiger partial charge in [-0.25, -0.2) is 0 Å². The SMILES string of the molecule is CCCC(N(C)C)C1(c2ccc(C)cc2)CCC1. The second-order valence-corrected chi connectivity index (χ2v) is 6.14. The molecule has 1 fully saturated rings. The molecule has 0 amide bonds. The van der Waals surface area contributed by atoms with E-state index in [1.807, 2.05) is 0 Å². The number of hydrogen-bond donors (Lipinski definition) is 0. The minimum absolute atomic E-state index is 0.424. The summed E-state index contributed by atoms with van der Waals surface area (Å²) >= 11 is 0. The first-order valence-corrected chi connectivity index (χ1v) is 7.34. The first-order chi connectivity index (χ1) is 8.60. The number of aryl methyl sites for hydroxylation is 1. The largest absolute Gasteiger partial charge is 0.306 e. The number of nitrogens with zero attached hydrogens (tertiary/aromatic N) is 1. The van der Waals surface area contributed by atoms with Gasteiger partial charge in [0.25, 0.3) is 0 Å². The first kappa shape index (κ1) is 13.6. The van der Waals surface area contributed by atoms with Gasteiger partial charge in [0.05, 0.1) is 0 Å². The van der Waals surface area contributed by atoms with E-state index in [0.29, 0.717) is 11.5 Å². The molecule has 0 bridgehead atoms. The molecule has 1 heteroatoms. The zero-order valence-electron chi connectivity index (χ0n) is 12.4. The summed E-state index contributed by atoms with van der Waals surface area (Å²) in [6.45, 7) is 4.48. The highest BCUT2D eigenvalue weighted by Crippen LogP contribution is 2.48. The maximum atomic E-state index is 2.45. The zero-order chi connectivity index (χ0) is 13.2. The molecule has 0 saturated heterocycles. The third-order valence-electron chi connectivity index (χ3n) is 4.70. The van der Waals surface area contributed by atoms with E-state index >= 15 is 0 Å². The molecule has 1 unspecified atom stereocenters. The molecule has 0 spiro atoms. The van der Waals surface area contributed by atoms with E-state index in [9.17, 15) is 0 Å². The summed E-state index contributed by atoms with van der Waals surface area (Å²) in [7, 11) is 4.49. The molecule has 0 aliphatic heterocycles. The third-order valence-corrected chi connectivity index (χ3v) is 4.70. The summed E-state index contributed by atoms with van der Waals surface area (Å²) in [5.74, 6) is 0.